The first kappa shape index (κ1) is 11.5. The average Bonchev–Trinajstić information content (AvgIpc) is 2.26. The third-order valence-electron chi connectivity index (χ3n) is 2.03. The molecule has 0 aliphatic carbocycles. The van der Waals surface area contributed by atoms with Crippen molar-refractivity contribution in [2.24, 2.45) is 0 Å². The van der Waals surface area contributed by atoms with Crippen molar-refractivity contribution in [1.29, 1.82) is 0 Å². The van der Waals surface area contributed by atoms with E-state index in [4.69, 9.17) is 0 Å². The van der Waals surface area contributed by atoms with Gasteiger partial charge in [-0.3, -0.25) is 4.79 Å². The maximum absolute atomic E-state index is 11.8. The number of hydrogen-bond acceptors (Lipinski definition) is 2. The minimum Gasteiger partial charge on any atom is -0.388 e. The summed E-state index contributed by atoms with van der Waals surface area (Å²) in [5.74, 6) is 0.0729. The topological polar surface area (TPSA) is 29.1 Å². The number of hydrogen-bond donors (Lipinski definition) is 1. The first-order valence-corrected chi connectivity index (χ1v) is 5.14. The molecule has 0 saturated carbocycles. The monoisotopic (exact) mass is 203 g/mol. The van der Waals surface area contributed by atoms with Gasteiger partial charge in [-0.15, -0.1) is 0 Å². The normalized spacial score (nSPS) is 11.6. The molecule has 0 atom stereocenters. The summed E-state index contributed by atoms with van der Waals surface area (Å²) in [7, 11) is 0. The first-order valence-electron chi connectivity index (χ1n) is 5.14. The van der Waals surface area contributed by atoms with Crippen LogP contribution in [-0.4, -0.2) is 11.8 Å². The molecule has 0 aliphatic heterocycles. The Hall–Kier alpha value is -1.57. The van der Waals surface area contributed by atoms with Gasteiger partial charge in [0.05, 0.1) is 0 Å². The van der Waals surface area contributed by atoms with Gasteiger partial charge in [0.2, 0.25) is 0 Å². The van der Waals surface area contributed by atoms with Crippen LogP contribution in [0.25, 0.3) is 0 Å². The highest BCUT2D eigenvalue weighted by Crippen LogP contribution is 2.06. The van der Waals surface area contributed by atoms with Crippen LogP contribution in [-0.2, 0) is 0 Å². The predicted octanol–water partition coefficient (Wildman–Crippen LogP) is 2.77. The van der Waals surface area contributed by atoms with Crippen molar-refractivity contribution in [2.75, 3.05) is 0 Å². The summed E-state index contributed by atoms with van der Waals surface area (Å²) in [6, 6.07) is 9.66. The van der Waals surface area contributed by atoms with Gasteiger partial charge in [0.15, 0.2) is 5.78 Å². The molecule has 2 nitrogen and oxygen atoms in total. The van der Waals surface area contributed by atoms with Gasteiger partial charge in [0, 0.05) is 23.4 Å². The summed E-state index contributed by atoms with van der Waals surface area (Å²) in [4.78, 5) is 11.8. The summed E-state index contributed by atoms with van der Waals surface area (Å²) < 4.78 is 0. The van der Waals surface area contributed by atoms with E-state index in [1.54, 1.807) is 6.20 Å². The van der Waals surface area contributed by atoms with E-state index in [0.717, 1.165) is 11.1 Å². The van der Waals surface area contributed by atoms with E-state index in [9.17, 15) is 4.79 Å². The van der Waals surface area contributed by atoms with Crippen LogP contribution in [0.5, 0.6) is 0 Å². The standard InChI is InChI=1S/C13H17NO/c1-10(2)14-9-11(3)13(15)12-7-5-4-6-8-12/h4-10,14H,1-3H3. The Morgan fingerprint density at radius 3 is 2.40 bits per heavy atom. The molecular formula is C13H17NO. The molecule has 0 amide bonds. The van der Waals surface area contributed by atoms with E-state index in [1.165, 1.54) is 0 Å². The lowest BCUT2D eigenvalue weighted by molar-refractivity contribution is 0.103. The number of Topliss-reactive ketones (excluding diaryl/α,β-unsaturated/α-hetero) is 1. The highest BCUT2D eigenvalue weighted by Gasteiger charge is 2.06. The molecule has 0 aromatic heterocycles. The summed E-state index contributed by atoms with van der Waals surface area (Å²) in [6.07, 6.45) is 1.78. The molecule has 15 heavy (non-hydrogen) atoms. The minimum atomic E-state index is 0.0729. The molecule has 1 aromatic rings. The smallest absolute Gasteiger partial charge is 0.190 e. The number of carbonyl (C=O) groups excluding carboxylic acids is 1. The predicted molar refractivity (Wildman–Crippen MR) is 62.8 cm³/mol. The van der Waals surface area contributed by atoms with Crippen LogP contribution < -0.4 is 5.32 Å². The van der Waals surface area contributed by atoms with Crippen molar-refractivity contribution >= 4 is 5.78 Å². The quantitative estimate of drug-likeness (QED) is 0.602. The molecule has 0 fully saturated rings. The van der Waals surface area contributed by atoms with Crippen LogP contribution in [0.4, 0.5) is 0 Å². The minimum absolute atomic E-state index is 0.0729. The number of allylic oxidation sites excluding steroid dienone is 1. The number of benzene rings is 1. The van der Waals surface area contributed by atoms with Gasteiger partial charge in [-0.2, -0.15) is 0 Å². The zero-order valence-electron chi connectivity index (χ0n) is 9.45. The second-order valence-electron chi connectivity index (χ2n) is 3.84. The van der Waals surface area contributed by atoms with E-state index in [-0.39, 0.29) is 5.78 Å². The number of rotatable bonds is 4. The maximum Gasteiger partial charge on any atom is 0.190 e. The second-order valence-corrected chi connectivity index (χ2v) is 3.84. The fourth-order valence-electron chi connectivity index (χ4n) is 1.17. The Balaban J connectivity index is 2.73. The third kappa shape index (κ3) is 3.58. The van der Waals surface area contributed by atoms with Gasteiger partial charge in [0.25, 0.3) is 0 Å². The fraction of sp³-hybridized carbons (Fsp3) is 0.308. The lowest BCUT2D eigenvalue weighted by Crippen LogP contribution is -2.17. The first-order chi connectivity index (χ1) is 7.11. The van der Waals surface area contributed by atoms with E-state index in [1.807, 2.05) is 51.1 Å². The average molecular weight is 203 g/mol. The fourth-order valence-corrected chi connectivity index (χ4v) is 1.17. The molecule has 0 spiro atoms. The van der Waals surface area contributed by atoms with Gasteiger partial charge in [-0.25, -0.2) is 0 Å². The van der Waals surface area contributed by atoms with E-state index < -0.39 is 0 Å². The van der Waals surface area contributed by atoms with Gasteiger partial charge in [0.1, 0.15) is 0 Å². The Labute approximate surface area is 91.0 Å². The second kappa shape index (κ2) is 5.35. The summed E-state index contributed by atoms with van der Waals surface area (Å²) in [5, 5.41) is 3.11. The number of ketones is 1. The molecule has 0 saturated heterocycles. The molecular weight excluding hydrogens is 186 g/mol. The third-order valence-corrected chi connectivity index (χ3v) is 2.03. The SMILES string of the molecule is CC(=CNC(C)C)C(=O)c1ccccc1. The van der Waals surface area contributed by atoms with E-state index in [0.29, 0.717) is 6.04 Å². The molecule has 0 radical (unpaired) electrons. The van der Waals surface area contributed by atoms with Crippen molar-refractivity contribution in [1.82, 2.24) is 5.32 Å². The van der Waals surface area contributed by atoms with Crippen LogP contribution in [0.1, 0.15) is 31.1 Å². The van der Waals surface area contributed by atoms with Crippen LogP contribution >= 0.6 is 0 Å². The zero-order valence-corrected chi connectivity index (χ0v) is 9.45. The lowest BCUT2D eigenvalue weighted by Gasteiger charge is -2.06. The molecule has 1 N–H and O–H groups in total. The van der Waals surface area contributed by atoms with Gasteiger partial charge in [-0.05, 0) is 20.8 Å². The molecule has 0 aliphatic rings. The highest BCUT2D eigenvalue weighted by molar-refractivity contribution is 6.08. The van der Waals surface area contributed by atoms with E-state index in [2.05, 4.69) is 5.32 Å². The largest absolute Gasteiger partial charge is 0.388 e. The number of carbonyl (C=O) groups is 1. The molecule has 80 valence electrons. The molecule has 0 unspecified atom stereocenters. The van der Waals surface area contributed by atoms with Gasteiger partial charge < -0.3 is 5.32 Å². The van der Waals surface area contributed by atoms with Crippen LogP contribution in [0.15, 0.2) is 42.1 Å². The molecule has 0 bridgehead atoms. The summed E-state index contributed by atoms with van der Waals surface area (Å²) in [5.41, 5.74) is 1.46. The Morgan fingerprint density at radius 2 is 1.87 bits per heavy atom. The van der Waals surface area contributed by atoms with Crippen LogP contribution in [0.2, 0.25) is 0 Å². The van der Waals surface area contributed by atoms with Crippen molar-refractivity contribution in [2.45, 2.75) is 26.8 Å². The van der Waals surface area contributed by atoms with Crippen molar-refractivity contribution < 1.29 is 4.79 Å². The lowest BCUT2D eigenvalue weighted by atomic mass is 10.1. The van der Waals surface area contributed by atoms with Crippen molar-refractivity contribution in [3.05, 3.63) is 47.7 Å². The Kier molecular flexibility index (Phi) is 4.10. The van der Waals surface area contributed by atoms with Gasteiger partial charge in [-0.1, -0.05) is 30.3 Å². The number of nitrogens with one attached hydrogen (secondary N) is 1. The summed E-state index contributed by atoms with van der Waals surface area (Å²) >= 11 is 0. The molecule has 2 heteroatoms. The Bertz CT molecular complexity index is 352. The van der Waals surface area contributed by atoms with Gasteiger partial charge >= 0.3 is 0 Å². The van der Waals surface area contributed by atoms with Crippen molar-refractivity contribution in [3.8, 4) is 0 Å². The molecule has 0 heterocycles. The zero-order chi connectivity index (χ0) is 11.3. The molecule has 1 aromatic carbocycles. The maximum atomic E-state index is 11.8. The molecule has 1 rings (SSSR count). The van der Waals surface area contributed by atoms with Crippen LogP contribution in [0.3, 0.4) is 0 Å². The van der Waals surface area contributed by atoms with Crippen LogP contribution in [0, 0.1) is 0 Å². The van der Waals surface area contributed by atoms with Crippen molar-refractivity contribution in [3.63, 3.8) is 0 Å². The highest BCUT2D eigenvalue weighted by atomic mass is 16.1. The Morgan fingerprint density at radius 1 is 1.27 bits per heavy atom. The van der Waals surface area contributed by atoms with E-state index >= 15 is 0 Å². The summed E-state index contributed by atoms with van der Waals surface area (Å²) in [6.45, 7) is 5.90.